The van der Waals surface area contributed by atoms with Crippen molar-refractivity contribution in [2.45, 2.75) is 23.6 Å². The maximum absolute atomic E-state index is 9.38. The molecule has 4 heteroatoms. The lowest BCUT2D eigenvalue weighted by Gasteiger charge is -2.28. The van der Waals surface area contributed by atoms with E-state index in [4.69, 9.17) is 34.8 Å². The van der Waals surface area contributed by atoms with Gasteiger partial charge in [-0.05, 0) is 23.6 Å². The molecule has 0 bridgehead atoms. The van der Waals surface area contributed by atoms with Crippen LogP contribution in [0.1, 0.15) is 25.3 Å². The molecule has 0 aliphatic heterocycles. The van der Waals surface area contributed by atoms with Crippen LogP contribution in [-0.2, 0) is 0 Å². The molecule has 0 aliphatic carbocycles. The van der Waals surface area contributed by atoms with Gasteiger partial charge in [-0.25, -0.2) is 0 Å². The Labute approximate surface area is 105 Å². The molecule has 1 nitrogen and oxygen atoms in total. The molecule has 1 N–H and O–H groups in total. The highest BCUT2D eigenvalue weighted by Crippen LogP contribution is 2.46. The van der Waals surface area contributed by atoms with E-state index in [0.717, 1.165) is 5.56 Å². The highest BCUT2D eigenvalue weighted by Gasteiger charge is 2.36. The molecule has 0 heterocycles. The standard InChI is InChI=1S/C11H13Cl3O/c1-7(2)10(11(12,13)14)8-4-3-5-9(15)6-8/h3-7,10,15H,1-2H3. The number of hydrogen-bond acceptors (Lipinski definition) is 1. The van der Waals surface area contributed by atoms with E-state index < -0.39 is 3.79 Å². The zero-order valence-corrected chi connectivity index (χ0v) is 10.8. The third kappa shape index (κ3) is 3.44. The molecule has 0 aliphatic rings. The monoisotopic (exact) mass is 266 g/mol. The van der Waals surface area contributed by atoms with Crippen LogP contribution in [0.5, 0.6) is 5.75 Å². The number of phenolic OH excluding ortho intramolecular Hbond substituents is 1. The fourth-order valence-electron chi connectivity index (χ4n) is 1.67. The summed E-state index contributed by atoms with van der Waals surface area (Å²) in [6, 6.07) is 6.83. The number of phenols is 1. The Morgan fingerprint density at radius 2 is 1.80 bits per heavy atom. The van der Waals surface area contributed by atoms with E-state index in [0.29, 0.717) is 0 Å². The molecule has 0 saturated carbocycles. The normalized spacial score (nSPS) is 14.3. The van der Waals surface area contributed by atoms with Gasteiger partial charge in [0.1, 0.15) is 5.75 Å². The zero-order chi connectivity index (χ0) is 11.6. The maximum atomic E-state index is 9.38. The summed E-state index contributed by atoms with van der Waals surface area (Å²) in [7, 11) is 0. The molecule has 1 rings (SSSR count). The predicted octanol–water partition coefficient (Wildman–Crippen LogP) is 4.50. The Morgan fingerprint density at radius 3 is 2.20 bits per heavy atom. The molecule has 0 aromatic heterocycles. The summed E-state index contributed by atoms with van der Waals surface area (Å²) in [6.07, 6.45) is 0. The molecule has 1 unspecified atom stereocenters. The second kappa shape index (κ2) is 4.82. The first-order chi connectivity index (χ1) is 6.82. The third-order valence-electron chi connectivity index (χ3n) is 2.25. The first kappa shape index (κ1) is 13.0. The largest absolute Gasteiger partial charge is 0.508 e. The van der Waals surface area contributed by atoms with Gasteiger partial charge in [-0.3, -0.25) is 0 Å². The topological polar surface area (TPSA) is 20.2 Å². The summed E-state index contributed by atoms with van der Waals surface area (Å²) >= 11 is 17.8. The lowest BCUT2D eigenvalue weighted by molar-refractivity contribution is 0.467. The van der Waals surface area contributed by atoms with Gasteiger partial charge in [0.15, 0.2) is 3.79 Å². The Morgan fingerprint density at radius 1 is 1.20 bits per heavy atom. The molecule has 1 atom stereocenters. The minimum Gasteiger partial charge on any atom is -0.508 e. The SMILES string of the molecule is CC(C)C(c1cccc(O)c1)C(Cl)(Cl)Cl. The average molecular weight is 268 g/mol. The minimum atomic E-state index is -1.36. The first-order valence-corrected chi connectivity index (χ1v) is 5.81. The molecule has 0 amide bonds. The average Bonchev–Trinajstić information content (AvgIpc) is 1.99. The van der Waals surface area contributed by atoms with Crippen LogP contribution in [0.15, 0.2) is 24.3 Å². The molecule has 0 spiro atoms. The summed E-state index contributed by atoms with van der Waals surface area (Å²) < 4.78 is -1.36. The van der Waals surface area contributed by atoms with E-state index >= 15 is 0 Å². The predicted molar refractivity (Wildman–Crippen MR) is 66.0 cm³/mol. The van der Waals surface area contributed by atoms with Gasteiger partial charge < -0.3 is 5.11 Å². The number of hydrogen-bond donors (Lipinski definition) is 1. The molecule has 0 radical (unpaired) electrons. The number of halogens is 3. The minimum absolute atomic E-state index is 0.180. The van der Waals surface area contributed by atoms with Crippen molar-refractivity contribution < 1.29 is 5.11 Å². The van der Waals surface area contributed by atoms with Gasteiger partial charge in [-0.15, -0.1) is 0 Å². The first-order valence-electron chi connectivity index (χ1n) is 4.68. The van der Waals surface area contributed by atoms with E-state index in [2.05, 4.69) is 0 Å². The zero-order valence-electron chi connectivity index (χ0n) is 8.55. The van der Waals surface area contributed by atoms with E-state index in [1.807, 2.05) is 19.9 Å². The van der Waals surface area contributed by atoms with Crippen LogP contribution in [0.3, 0.4) is 0 Å². The van der Waals surface area contributed by atoms with Crippen LogP contribution in [0.25, 0.3) is 0 Å². The van der Waals surface area contributed by atoms with Gasteiger partial charge in [-0.2, -0.15) is 0 Å². The number of aromatic hydroxyl groups is 1. The summed E-state index contributed by atoms with van der Waals surface area (Å²) in [5, 5.41) is 9.38. The van der Waals surface area contributed by atoms with Crippen LogP contribution in [0, 0.1) is 5.92 Å². The summed E-state index contributed by atoms with van der Waals surface area (Å²) in [5.41, 5.74) is 0.838. The molecule has 0 fully saturated rings. The Kier molecular flexibility index (Phi) is 4.16. The van der Waals surface area contributed by atoms with Gasteiger partial charge in [0.05, 0.1) is 0 Å². The van der Waals surface area contributed by atoms with Gasteiger partial charge in [0.25, 0.3) is 0 Å². The second-order valence-electron chi connectivity index (χ2n) is 3.86. The fraction of sp³-hybridized carbons (Fsp3) is 0.455. The van der Waals surface area contributed by atoms with Crippen molar-refractivity contribution >= 4 is 34.8 Å². The van der Waals surface area contributed by atoms with E-state index in [1.54, 1.807) is 18.2 Å². The number of rotatable bonds is 2. The number of benzene rings is 1. The summed E-state index contributed by atoms with van der Waals surface area (Å²) in [4.78, 5) is 0. The molecule has 1 aromatic rings. The highest BCUT2D eigenvalue weighted by atomic mass is 35.6. The van der Waals surface area contributed by atoms with Crippen LogP contribution in [0.2, 0.25) is 0 Å². The van der Waals surface area contributed by atoms with Crippen molar-refractivity contribution in [2.24, 2.45) is 5.92 Å². The summed E-state index contributed by atoms with van der Waals surface area (Å²) in [6.45, 7) is 3.97. The van der Waals surface area contributed by atoms with Gasteiger partial charge in [0, 0.05) is 5.92 Å². The van der Waals surface area contributed by atoms with Crippen LogP contribution in [-0.4, -0.2) is 8.90 Å². The Balaban J connectivity index is 3.11. The second-order valence-corrected chi connectivity index (χ2v) is 6.23. The molecular weight excluding hydrogens is 254 g/mol. The number of alkyl halides is 3. The quantitative estimate of drug-likeness (QED) is 0.782. The van der Waals surface area contributed by atoms with Gasteiger partial charge in [-0.1, -0.05) is 60.8 Å². The smallest absolute Gasteiger partial charge is 0.197 e. The molecule has 0 saturated heterocycles. The van der Waals surface area contributed by atoms with Crippen molar-refractivity contribution in [3.05, 3.63) is 29.8 Å². The fourth-order valence-corrected chi connectivity index (χ4v) is 2.80. The maximum Gasteiger partial charge on any atom is 0.197 e. The van der Waals surface area contributed by atoms with Crippen LogP contribution >= 0.6 is 34.8 Å². The van der Waals surface area contributed by atoms with E-state index in [9.17, 15) is 5.11 Å². The van der Waals surface area contributed by atoms with Crippen LogP contribution < -0.4 is 0 Å². The Bertz CT molecular complexity index is 331. The van der Waals surface area contributed by atoms with E-state index in [-0.39, 0.29) is 17.6 Å². The Hall–Kier alpha value is -0.110. The van der Waals surface area contributed by atoms with Crippen molar-refractivity contribution in [1.29, 1.82) is 0 Å². The van der Waals surface area contributed by atoms with E-state index in [1.165, 1.54) is 0 Å². The van der Waals surface area contributed by atoms with Crippen molar-refractivity contribution in [2.75, 3.05) is 0 Å². The van der Waals surface area contributed by atoms with Gasteiger partial charge in [0.2, 0.25) is 0 Å². The highest BCUT2D eigenvalue weighted by molar-refractivity contribution is 6.68. The van der Waals surface area contributed by atoms with Crippen molar-refractivity contribution in [1.82, 2.24) is 0 Å². The third-order valence-corrected chi connectivity index (χ3v) is 2.95. The van der Waals surface area contributed by atoms with Crippen molar-refractivity contribution in [3.63, 3.8) is 0 Å². The summed E-state index contributed by atoms with van der Waals surface area (Å²) in [5.74, 6) is 0.140. The lowest BCUT2D eigenvalue weighted by atomic mass is 9.89. The van der Waals surface area contributed by atoms with Gasteiger partial charge >= 0.3 is 0 Å². The molecule has 84 valence electrons. The molecule has 15 heavy (non-hydrogen) atoms. The van der Waals surface area contributed by atoms with Crippen LogP contribution in [0.4, 0.5) is 0 Å². The molecular formula is C11H13Cl3O. The molecule has 1 aromatic carbocycles. The lowest BCUT2D eigenvalue weighted by Crippen LogP contribution is -2.22. The van der Waals surface area contributed by atoms with Crippen molar-refractivity contribution in [3.8, 4) is 5.75 Å².